The molecule has 0 aliphatic carbocycles. The summed E-state index contributed by atoms with van der Waals surface area (Å²) < 4.78 is 7.47. The maximum absolute atomic E-state index is 13.5. The molecular weight excluding hydrogens is 350 g/mol. The molecule has 1 atom stereocenters. The molecule has 0 unspecified atom stereocenters. The molecule has 2 N–H and O–H groups in total. The van der Waals surface area contributed by atoms with Crippen LogP contribution in [0.15, 0.2) is 45.3 Å². The Hall–Kier alpha value is -3.80. The van der Waals surface area contributed by atoms with Gasteiger partial charge in [0, 0.05) is 32.4 Å². The summed E-state index contributed by atoms with van der Waals surface area (Å²) in [5, 5.41) is 9.81. The lowest BCUT2D eigenvalue weighted by Crippen LogP contribution is -2.52. The molecule has 2 aromatic rings. The number of carbonyl (C=O) groups is 1. The van der Waals surface area contributed by atoms with Crippen LogP contribution in [0.2, 0.25) is 0 Å². The van der Waals surface area contributed by atoms with E-state index in [-0.39, 0.29) is 22.9 Å². The van der Waals surface area contributed by atoms with Crippen LogP contribution in [0, 0.1) is 11.3 Å². The van der Waals surface area contributed by atoms with Gasteiger partial charge in [-0.3, -0.25) is 18.7 Å². The van der Waals surface area contributed by atoms with Crippen molar-refractivity contribution in [3.05, 3.63) is 67.7 Å². The van der Waals surface area contributed by atoms with Crippen LogP contribution in [0.4, 0.5) is 5.69 Å². The maximum Gasteiger partial charge on any atom is 0.333 e. The number of rotatable bonds is 0. The van der Waals surface area contributed by atoms with E-state index in [1.54, 1.807) is 31.3 Å². The summed E-state index contributed by atoms with van der Waals surface area (Å²) in [5.41, 5.74) is 3.58. The predicted molar refractivity (Wildman–Crippen MR) is 95.0 cm³/mol. The lowest BCUT2D eigenvalue weighted by molar-refractivity contribution is -0.120. The Balaban J connectivity index is 2.31. The summed E-state index contributed by atoms with van der Waals surface area (Å²) in [4.78, 5) is 40.3. The highest BCUT2D eigenvalue weighted by Crippen LogP contribution is 2.53. The van der Waals surface area contributed by atoms with Gasteiger partial charge in [0.1, 0.15) is 17.2 Å². The van der Waals surface area contributed by atoms with Crippen LogP contribution in [-0.4, -0.2) is 22.1 Å². The summed E-state index contributed by atoms with van der Waals surface area (Å²) in [5.74, 6) is -0.965. The molecule has 0 saturated heterocycles. The first-order valence-electron chi connectivity index (χ1n) is 8.04. The lowest BCUT2D eigenvalue weighted by atomic mass is 9.69. The van der Waals surface area contributed by atoms with Crippen LogP contribution in [0.1, 0.15) is 11.1 Å². The van der Waals surface area contributed by atoms with Crippen molar-refractivity contribution in [2.75, 3.05) is 11.9 Å². The molecule has 0 radical (unpaired) electrons. The number of nitrogens with zero attached hydrogens (tertiary/aromatic N) is 4. The number of anilines is 1. The molecule has 2 aliphatic rings. The SMILES string of the molecule is CN1C(=O)[C@]2(C(C#N)=C(N)Oc3c2c(=O)n(C)c(=O)n3C)c2ccccc21. The van der Waals surface area contributed by atoms with Crippen LogP contribution in [0.25, 0.3) is 0 Å². The van der Waals surface area contributed by atoms with Crippen LogP contribution in [0.3, 0.4) is 0 Å². The second-order valence-electron chi connectivity index (χ2n) is 6.47. The van der Waals surface area contributed by atoms with Gasteiger partial charge < -0.3 is 15.4 Å². The molecular formula is C18H15N5O4. The Morgan fingerprint density at radius 1 is 1.11 bits per heavy atom. The topological polar surface area (TPSA) is 123 Å². The second kappa shape index (κ2) is 5.11. The summed E-state index contributed by atoms with van der Waals surface area (Å²) in [7, 11) is 4.28. The minimum absolute atomic E-state index is 0.0975. The molecule has 27 heavy (non-hydrogen) atoms. The molecule has 1 aromatic heterocycles. The van der Waals surface area contributed by atoms with Gasteiger partial charge in [-0.05, 0) is 6.07 Å². The van der Waals surface area contributed by atoms with Crippen molar-refractivity contribution in [2.45, 2.75) is 5.41 Å². The van der Waals surface area contributed by atoms with Crippen molar-refractivity contribution < 1.29 is 9.53 Å². The third-order valence-corrected chi connectivity index (χ3v) is 5.22. The summed E-state index contributed by atoms with van der Waals surface area (Å²) in [6.45, 7) is 0. The smallest absolute Gasteiger partial charge is 0.333 e. The third-order valence-electron chi connectivity index (χ3n) is 5.22. The van der Waals surface area contributed by atoms with Gasteiger partial charge in [-0.15, -0.1) is 0 Å². The fourth-order valence-electron chi connectivity index (χ4n) is 3.91. The Kier molecular flexibility index (Phi) is 3.15. The van der Waals surface area contributed by atoms with Gasteiger partial charge in [0.05, 0.1) is 0 Å². The molecule has 1 aromatic carbocycles. The highest BCUT2D eigenvalue weighted by atomic mass is 16.5. The van der Waals surface area contributed by atoms with Crippen LogP contribution < -0.4 is 26.6 Å². The zero-order chi connectivity index (χ0) is 19.7. The van der Waals surface area contributed by atoms with Gasteiger partial charge in [0.15, 0.2) is 5.41 Å². The average molecular weight is 365 g/mol. The van der Waals surface area contributed by atoms with E-state index in [9.17, 15) is 19.6 Å². The first kappa shape index (κ1) is 16.7. The van der Waals surface area contributed by atoms with E-state index in [0.29, 0.717) is 11.3 Å². The number of carbonyl (C=O) groups excluding carboxylic acids is 1. The average Bonchev–Trinajstić information content (AvgIpc) is 2.88. The van der Waals surface area contributed by atoms with E-state index in [0.717, 1.165) is 9.13 Å². The highest BCUT2D eigenvalue weighted by molar-refractivity contribution is 6.13. The number of ether oxygens (including phenoxy) is 1. The Labute approximate surface area is 153 Å². The highest BCUT2D eigenvalue weighted by Gasteiger charge is 2.60. The van der Waals surface area contributed by atoms with Gasteiger partial charge in [-0.25, -0.2) is 4.79 Å². The van der Waals surface area contributed by atoms with Crippen LogP contribution >= 0.6 is 0 Å². The molecule has 136 valence electrons. The van der Waals surface area contributed by atoms with E-state index in [1.165, 1.54) is 19.0 Å². The first-order valence-corrected chi connectivity index (χ1v) is 8.04. The summed E-state index contributed by atoms with van der Waals surface area (Å²) in [6.07, 6.45) is 0. The Bertz CT molecular complexity index is 1230. The number of fused-ring (bicyclic) bond motifs is 4. The van der Waals surface area contributed by atoms with Gasteiger partial charge in [0.25, 0.3) is 5.56 Å². The summed E-state index contributed by atoms with van der Waals surface area (Å²) in [6, 6.07) is 8.79. The molecule has 3 heterocycles. The number of para-hydroxylation sites is 1. The number of nitriles is 1. The van der Waals surface area contributed by atoms with E-state index in [2.05, 4.69) is 0 Å². The first-order chi connectivity index (χ1) is 12.8. The number of hydrogen-bond donors (Lipinski definition) is 1. The van der Waals surface area contributed by atoms with Crippen molar-refractivity contribution in [2.24, 2.45) is 19.8 Å². The number of nitrogens with two attached hydrogens (primary N) is 1. The number of likely N-dealkylation sites (N-methyl/N-ethyl adjacent to an activating group) is 1. The predicted octanol–water partition coefficient (Wildman–Crippen LogP) is -0.567. The number of aromatic nitrogens is 2. The van der Waals surface area contributed by atoms with Crippen molar-refractivity contribution in [3.8, 4) is 11.9 Å². The molecule has 4 rings (SSSR count). The quantitative estimate of drug-likeness (QED) is 0.667. The van der Waals surface area contributed by atoms with Gasteiger partial charge in [-0.1, -0.05) is 18.2 Å². The molecule has 1 amide bonds. The number of hydrogen-bond acceptors (Lipinski definition) is 6. The third kappa shape index (κ3) is 1.69. The molecule has 9 heteroatoms. The Morgan fingerprint density at radius 2 is 1.78 bits per heavy atom. The van der Waals surface area contributed by atoms with E-state index < -0.39 is 22.6 Å². The van der Waals surface area contributed by atoms with Gasteiger partial charge in [-0.2, -0.15) is 5.26 Å². The molecule has 9 nitrogen and oxygen atoms in total. The second-order valence-corrected chi connectivity index (χ2v) is 6.47. The van der Waals surface area contributed by atoms with Crippen LogP contribution in [0.5, 0.6) is 5.88 Å². The van der Waals surface area contributed by atoms with E-state index in [1.807, 2.05) is 6.07 Å². The number of amides is 1. The van der Waals surface area contributed by atoms with Crippen molar-refractivity contribution in [3.63, 3.8) is 0 Å². The van der Waals surface area contributed by atoms with Crippen molar-refractivity contribution >= 4 is 11.6 Å². The molecule has 0 bridgehead atoms. The fourth-order valence-corrected chi connectivity index (χ4v) is 3.91. The largest absolute Gasteiger partial charge is 0.423 e. The molecule has 0 saturated carbocycles. The maximum atomic E-state index is 13.5. The van der Waals surface area contributed by atoms with E-state index >= 15 is 0 Å². The normalized spacial score (nSPS) is 20.4. The number of benzene rings is 1. The van der Waals surface area contributed by atoms with Crippen molar-refractivity contribution in [1.82, 2.24) is 9.13 Å². The standard InChI is InChI=1S/C18H15N5O4/c1-21-11-7-5-4-6-9(11)18(16(21)25)10(8-19)13(20)27-15-12(18)14(24)22(2)17(26)23(15)3/h4-7H,20H2,1-3H3/t18-/m0/s1. The molecule has 1 spiro atoms. The Morgan fingerprint density at radius 3 is 2.44 bits per heavy atom. The zero-order valence-electron chi connectivity index (χ0n) is 14.8. The monoisotopic (exact) mass is 365 g/mol. The lowest BCUT2D eigenvalue weighted by Gasteiger charge is -2.34. The minimum Gasteiger partial charge on any atom is -0.423 e. The minimum atomic E-state index is -1.77. The summed E-state index contributed by atoms with van der Waals surface area (Å²) >= 11 is 0. The zero-order valence-corrected chi connectivity index (χ0v) is 14.8. The van der Waals surface area contributed by atoms with Crippen LogP contribution in [-0.2, 0) is 24.3 Å². The van der Waals surface area contributed by atoms with Crippen molar-refractivity contribution in [1.29, 1.82) is 5.26 Å². The van der Waals surface area contributed by atoms with Gasteiger partial charge in [0.2, 0.25) is 17.7 Å². The fraction of sp³-hybridized carbons (Fsp3) is 0.222. The molecule has 0 fully saturated rings. The molecule has 2 aliphatic heterocycles. The van der Waals surface area contributed by atoms with Gasteiger partial charge >= 0.3 is 5.69 Å². The van der Waals surface area contributed by atoms with E-state index in [4.69, 9.17) is 10.5 Å².